The number of fused-ring (bicyclic) bond motifs is 2. The van der Waals surface area contributed by atoms with Crippen LogP contribution in [-0.2, 0) is 4.79 Å². The fraction of sp³-hybridized carbons (Fsp3) is 0.500. The summed E-state index contributed by atoms with van der Waals surface area (Å²) in [5.74, 6) is 1.16. The Morgan fingerprint density at radius 3 is 3.36 bits per heavy atom. The van der Waals surface area contributed by atoms with Crippen LogP contribution in [0.4, 0.5) is 0 Å². The molecule has 0 aliphatic carbocycles. The number of aldehydes is 1. The average molecular weight is 191 g/mol. The van der Waals surface area contributed by atoms with Gasteiger partial charge in [0.2, 0.25) is 0 Å². The van der Waals surface area contributed by atoms with Gasteiger partial charge < -0.3 is 15.1 Å². The Morgan fingerprint density at radius 2 is 2.50 bits per heavy atom. The molecule has 3 aliphatic heterocycles. The summed E-state index contributed by atoms with van der Waals surface area (Å²) in [6.45, 7) is 3.14. The molecule has 4 nitrogen and oxygen atoms in total. The molecule has 1 unspecified atom stereocenters. The lowest BCUT2D eigenvalue weighted by Crippen LogP contribution is -2.42. The van der Waals surface area contributed by atoms with Gasteiger partial charge in [0, 0.05) is 25.8 Å². The van der Waals surface area contributed by atoms with Gasteiger partial charge in [-0.1, -0.05) is 6.08 Å². The third-order valence-electron chi connectivity index (χ3n) is 3.13. The highest BCUT2D eigenvalue weighted by molar-refractivity contribution is 5.73. The summed E-state index contributed by atoms with van der Waals surface area (Å²) in [5, 5.41) is 3.32. The lowest BCUT2D eigenvalue weighted by Gasteiger charge is -2.35. The number of carbonyl (C=O) groups is 1. The molecule has 0 saturated carbocycles. The van der Waals surface area contributed by atoms with Gasteiger partial charge >= 0.3 is 0 Å². The second kappa shape index (κ2) is 2.77. The molecule has 1 N–H and O–H groups in total. The van der Waals surface area contributed by atoms with Crippen LogP contribution in [0.5, 0.6) is 0 Å². The van der Waals surface area contributed by atoms with Gasteiger partial charge in [-0.15, -0.1) is 0 Å². The van der Waals surface area contributed by atoms with E-state index in [4.69, 9.17) is 0 Å². The van der Waals surface area contributed by atoms with E-state index >= 15 is 0 Å². The predicted octanol–water partition coefficient (Wildman–Crippen LogP) is -0.139. The molecule has 0 bridgehead atoms. The van der Waals surface area contributed by atoms with Gasteiger partial charge in [-0.25, -0.2) is 0 Å². The Morgan fingerprint density at radius 1 is 1.57 bits per heavy atom. The molecule has 1 fully saturated rings. The number of hydrogen-bond donors (Lipinski definition) is 1. The molecule has 0 aromatic carbocycles. The van der Waals surface area contributed by atoms with Crippen molar-refractivity contribution < 1.29 is 4.79 Å². The van der Waals surface area contributed by atoms with Gasteiger partial charge in [0.1, 0.15) is 5.82 Å². The fourth-order valence-electron chi connectivity index (χ4n) is 2.39. The van der Waals surface area contributed by atoms with E-state index in [9.17, 15) is 4.79 Å². The normalized spacial score (nSPS) is 29.0. The summed E-state index contributed by atoms with van der Waals surface area (Å²) in [6.07, 6.45) is 6.03. The summed E-state index contributed by atoms with van der Waals surface area (Å²) < 4.78 is 0. The van der Waals surface area contributed by atoms with Crippen molar-refractivity contribution in [2.75, 3.05) is 19.6 Å². The summed E-state index contributed by atoms with van der Waals surface area (Å²) in [4.78, 5) is 15.2. The molecule has 0 spiro atoms. The van der Waals surface area contributed by atoms with Crippen LogP contribution in [0.25, 0.3) is 0 Å². The van der Waals surface area contributed by atoms with Crippen molar-refractivity contribution in [1.29, 1.82) is 0 Å². The van der Waals surface area contributed by atoms with E-state index in [0.29, 0.717) is 6.04 Å². The number of carbonyl (C=O) groups excluding carboxylic acids is 1. The average Bonchev–Trinajstić information content (AvgIpc) is 2.78. The maximum absolute atomic E-state index is 10.8. The van der Waals surface area contributed by atoms with Crippen LogP contribution < -0.4 is 5.32 Å². The first kappa shape index (κ1) is 7.91. The molecule has 0 aromatic rings. The van der Waals surface area contributed by atoms with Crippen LogP contribution in [-0.4, -0.2) is 41.8 Å². The molecule has 3 heterocycles. The molecule has 74 valence electrons. The molecule has 0 radical (unpaired) electrons. The van der Waals surface area contributed by atoms with Crippen molar-refractivity contribution in [2.45, 2.75) is 12.5 Å². The third-order valence-corrected chi connectivity index (χ3v) is 3.13. The summed E-state index contributed by atoms with van der Waals surface area (Å²) in [6, 6.07) is 0.471. The maximum Gasteiger partial charge on any atom is 0.166 e. The van der Waals surface area contributed by atoms with Crippen molar-refractivity contribution in [1.82, 2.24) is 15.1 Å². The molecule has 0 amide bonds. The van der Waals surface area contributed by atoms with E-state index in [1.54, 1.807) is 0 Å². The van der Waals surface area contributed by atoms with Crippen LogP contribution in [0.15, 0.2) is 23.8 Å². The highest BCUT2D eigenvalue weighted by Crippen LogP contribution is 2.28. The number of nitrogens with zero attached hydrogens (tertiary/aromatic N) is 2. The molecular weight excluding hydrogens is 178 g/mol. The first-order valence-corrected chi connectivity index (χ1v) is 5.03. The van der Waals surface area contributed by atoms with Crippen molar-refractivity contribution in [2.24, 2.45) is 0 Å². The molecule has 14 heavy (non-hydrogen) atoms. The third kappa shape index (κ3) is 0.967. The Hall–Kier alpha value is -1.45. The quantitative estimate of drug-likeness (QED) is 0.585. The Balaban J connectivity index is 1.92. The summed E-state index contributed by atoms with van der Waals surface area (Å²) in [5.41, 5.74) is 0.816. The van der Waals surface area contributed by atoms with Gasteiger partial charge in [-0.2, -0.15) is 0 Å². The zero-order valence-electron chi connectivity index (χ0n) is 7.94. The Kier molecular flexibility index (Phi) is 1.56. The van der Waals surface area contributed by atoms with E-state index in [0.717, 1.165) is 43.9 Å². The SMILES string of the molecule is O=CC1=CCC2CN3CCNC3=CN12. The second-order valence-corrected chi connectivity index (χ2v) is 3.93. The summed E-state index contributed by atoms with van der Waals surface area (Å²) in [7, 11) is 0. The number of rotatable bonds is 1. The monoisotopic (exact) mass is 191 g/mol. The molecule has 1 saturated heterocycles. The van der Waals surface area contributed by atoms with Crippen LogP contribution in [0.3, 0.4) is 0 Å². The Bertz CT molecular complexity index is 334. The van der Waals surface area contributed by atoms with Gasteiger partial charge in [0.25, 0.3) is 0 Å². The standard InChI is InChI=1S/C10H13N3O/c14-7-9-2-1-8-5-12-4-3-11-10(12)6-13(8)9/h2,6-8,11H,1,3-5H2. The molecule has 3 aliphatic rings. The predicted molar refractivity (Wildman–Crippen MR) is 52.0 cm³/mol. The lowest BCUT2D eigenvalue weighted by atomic mass is 10.2. The Labute approximate surface area is 82.9 Å². The van der Waals surface area contributed by atoms with Crippen molar-refractivity contribution in [3.63, 3.8) is 0 Å². The van der Waals surface area contributed by atoms with Gasteiger partial charge in [0.15, 0.2) is 6.29 Å². The first-order chi connectivity index (χ1) is 6.88. The highest BCUT2D eigenvalue weighted by Gasteiger charge is 2.33. The van der Waals surface area contributed by atoms with Crippen LogP contribution >= 0.6 is 0 Å². The van der Waals surface area contributed by atoms with E-state index in [1.807, 2.05) is 6.08 Å². The zero-order valence-corrected chi connectivity index (χ0v) is 7.94. The van der Waals surface area contributed by atoms with E-state index in [2.05, 4.69) is 21.3 Å². The molecular formula is C10H13N3O. The van der Waals surface area contributed by atoms with Crippen molar-refractivity contribution >= 4 is 6.29 Å². The summed E-state index contributed by atoms with van der Waals surface area (Å²) >= 11 is 0. The number of hydrogen-bond acceptors (Lipinski definition) is 4. The smallest absolute Gasteiger partial charge is 0.166 e. The van der Waals surface area contributed by atoms with E-state index in [-0.39, 0.29) is 0 Å². The molecule has 0 aromatic heterocycles. The van der Waals surface area contributed by atoms with Crippen molar-refractivity contribution in [3.05, 3.63) is 23.8 Å². The minimum absolute atomic E-state index is 0.471. The van der Waals surface area contributed by atoms with Gasteiger partial charge in [-0.05, 0) is 6.42 Å². The second-order valence-electron chi connectivity index (χ2n) is 3.93. The number of allylic oxidation sites excluding steroid dienone is 1. The van der Waals surface area contributed by atoms with Gasteiger partial charge in [-0.3, -0.25) is 4.79 Å². The van der Waals surface area contributed by atoms with Crippen molar-refractivity contribution in [3.8, 4) is 0 Å². The number of nitrogens with one attached hydrogen (secondary N) is 1. The minimum Gasteiger partial charge on any atom is -0.369 e. The van der Waals surface area contributed by atoms with Crippen LogP contribution in [0, 0.1) is 0 Å². The lowest BCUT2D eigenvalue weighted by molar-refractivity contribution is -0.106. The van der Waals surface area contributed by atoms with Gasteiger partial charge in [0.05, 0.1) is 11.7 Å². The van der Waals surface area contributed by atoms with E-state index < -0.39 is 0 Å². The van der Waals surface area contributed by atoms with Crippen LogP contribution in [0.2, 0.25) is 0 Å². The first-order valence-electron chi connectivity index (χ1n) is 5.03. The molecule has 4 heteroatoms. The highest BCUT2D eigenvalue weighted by atomic mass is 16.1. The maximum atomic E-state index is 10.8. The minimum atomic E-state index is 0.471. The molecule has 1 atom stereocenters. The fourth-order valence-corrected chi connectivity index (χ4v) is 2.39. The largest absolute Gasteiger partial charge is 0.369 e. The van der Waals surface area contributed by atoms with E-state index in [1.165, 1.54) is 0 Å². The zero-order chi connectivity index (χ0) is 9.54. The topological polar surface area (TPSA) is 35.6 Å². The van der Waals surface area contributed by atoms with Crippen LogP contribution in [0.1, 0.15) is 6.42 Å². The molecule has 3 rings (SSSR count).